The molecule has 14 heavy (non-hydrogen) atoms. The Morgan fingerprint density at radius 3 is 2.00 bits per heavy atom. The maximum absolute atomic E-state index is 5.83. The maximum Gasteiger partial charge on any atom is 0.261 e. The lowest BCUT2D eigenvalue weighted by Crippen LogP contribution is -2.26. The van der Waals surface area contributed by atoms with Crippen molar-refractivity contribution in [3.05, 3.63) is 12.0 Å². The summed E-state index contributed by atoms with van der Waals surface area (Å²) in [5, 5.41) is 0. The Balaban J connectivity index is 4.53. The topological polar surface area (TPSA) is 18.5 Å². The molecule has 0 bridgehead atoms. The van der Waals surface area contributed by atoms with E-state index in [0.717, 1.165) is 0 Å². The Bertz CT molecular complexity index is 196. The van der Waals surface area contributed by atoms with Crippen molar-refractivity contribution in [3.8, 4) is 0 Å². The van der Waals surface area contributed by atoms with Gasteiger partial charge in [-0.15, -0.1) is 0 Å². The molecule has 0 aromatic heterocycles. The van der Waals surface area contributed by atoms with Gasteiger partial charge in [-0.1, -0.05) is 20.8 Å². The number of hydrogen-bond acceptors (Lipinski definition) is 2. The highest BCUT2D eigenvalue weighted by Crippen LogP contribution is 2.21. The normalized spacial score (nSPS) is 14.1. The fraction of sp³-hybridized carbons (Fsp3) is 0.818. The standard InChI is InChI=1S/C11H24O2Si/c1-8-12-10(9-11(2,3)4)13-14(5,6)7/h9H,8H2,1-7H3/b10-9+. The van der Waals surface area contributed by atoms with Crippen LogP contribution in [0.15, 0.2) is 12.0 Å². The summed E-state index contributed by atoms with van der Waals surface area (Å²) in [5.41, 5.74) is 0.101. The molecule has 0 aliphatic carbocycles. The predicted octanol–water partition coefficient (Wildman–Crippen LogP) is 3.76. The summed E-state index contributed by atoms with van der Waals surface area (Å²) in [4.78, 5) is 0. The minimum Gasteiger partial charge on any atom is -0.520 e. The number of hydrogen-bond donors (Lipinski definition) is 0. The molecular formula is C11H24O2Si. The molecule has 0 aliphatic heterocycles. The van der Waals surface area contributed by atoms with E-state index in [4.69, 9.17) is 9.16 Å². The van der Waals surface area contributed by atoms with Crippen LogP contribution in [0.2, 0.25) is 19.6 Å². The van der Waals surface area contributed by atoms with Crippen LogP contribution >= 0.6 is 0 Å². The van der Waals surface area contributed by atoms with Gasteiger partial charge in [-0.2, -0.15) is 0 Å². The van der Waals surface area contributed by atoms with Crippen LogP contribution in [0.1, 0.15) is 27.7 Å². The summed E-state index contributed by atoms with van der Waals surface area (Å²) in [6.07, 6.45) is 2.05. The molecule has 0 N–H and O–H groups in total. The number of allylic oxidation sites excluding steroid dienone is 1. The van der Waals surface area contributed by atoms with E-state index in [1.165, 1.54) is 0 Å². The Hall–Kier alpha value is -0.443. The molecule has 3 heteroatoms. The van der Waals surface area contributed by atoms with Crippen molar-refractivity contribution in [2.75, 3.05) is 6.61 Å². The number of rotatable bonds is 4. The molecule has 0 heterocycles. The van der Waals surface area contributed by atoms with Crippen LogP contribution in [-0.4, -0.2) is 14.9 Å². The van der Waals surface area contributed by atoms with E-state index in [1.807, 2.05) is 6.92 Å². The minimum absolute atomic E-state index is 0.101. The van der Waals surface area contributed by atoms with E-state index in [0.29, 0.717) is 12.6 Å². The van der Waals surface area contributed by atoms with Crippen LogP contribution in [0.25, 0.3) is 0 Å². The van der Waals surface area contributed by atoms with Crippen molar-refractivity contribution in [2.45, 2.75) is 47.3 Å². The van der Waals surface area contributed by atoms with Gasteiger partial charge in [0, 0.05) is 6.08 Å². The molecule has 84 valence electrons. The van der Waals surface area contributed by atoms with Crippen molar-refractivity contribution in [1.29, 1.82) is 0 Å². The van der Waals surface area contributed by atoms with Gasteiger partial charge in [0.1, 0.15) is 0 Å². The van der Waals surface area contributed by atoms with Gasteiger partial charge in [0.15, 0.2) is 0 Å². The van der Waals surface area contributed by atoms with E-state index in [-0.39, 0.29) is 5.41 Å². The lowest BCUT2D eigenvalue weighted by atomic mass is 9.97. The van der Waals surface area contributed by atoms with Crippen LogP contribution in [0, 0.1) is 5.41 Å². The van der Waals surface area contributed by atoms with Gasteiger partial charge in [-0.3, -0.25) is 0 Å². The van der Waals surface area contributed by atoms with Gasteiger partial charge in [0.2, 0.25) is 8.32 Å². The molecule has 0 radical (unpaired) electrons. The molecule has 0 atom stereocenters. The van der Waals surface area contributed by atoms with Crippen LogP contribution in [-0.2, 0) is 9.16 Å². The number of ether oxygens (including phenoxy) is 1. The zero-order valence-corrected chi connectivity index (χ0v) is 11.6. The fourth-order valence-corrected chi connectivity index (χ4v) is 1.62. The molecule has 0 aromatic rings. The summed E-state index contributed by atoms with van der Waals surface area (Å²) >= 11 is 0. The van der Waals surface area contributed by atoms with Crippen molar-refractivity contribution < 1.29 is 9.16 Å². The van der Waals surface area contributed by atoms with E-state index in [9.17, 15) is 0 Å². The zero-order chi connectivity index (χ0) is 11.4. The fourth-order valence-electron chi connectivity index (χ4n) is 0.898. The van der Waals surface area contributed by atoms with E-state index >= 15 is 0 Å². The molecule has 2 nitrogen and oxygen atoms in total. The third-order valence-electron chi connectivity index (χ3n) is 1.24. The molecule has 0 aromatic carbocycles. The summed E-state index contributed by atoms with van der Waals surface area (Å²) in [7, 11) is -1.55. The second-order valence-electron chi connectivity index (χ2n) is 5.48. The van der Waals surface area contributed by atoms with E-state index in [2.05, 4.69) is 46.5 Å². The quantitative estimate of drug-likeness (QED) is 0.526. The highest BCUT2D eigenvalue weighted by atomic mass is 28.4. The summed E-state index contributed by atoms with van der Waals surface area (Å²) < 4.78 is 11.3. The average molecular weight is 216 g/mol. The first kappa shape index (κ1) is 13.6. The molecule has 0 saturated heterocycles. The summed E-state index contributed by atoms with van der Waals surface area (Å²) in [6, 6.07) is 0. The van der Waals surface area contributed by atoms with Crippen molar-refractivity contribution >= 4 is 8.32 Å². The van der Waals surface area contributed by atoms with Crippen LogP contribution < -0.4 is 0 Å². The molecule has 0 amide bonds. The van der Waals surface area contributed by atoms with E-state index < -0.39 is 8.32 Å². The van der Waals surface area contributed by atoms with Crippen molar-refractivity contribution in [2.24, 2.45) is 5.41 Å². The van der Waals surface area contributed by atoms with Crippen molar-refractivity contribution in [3.63, 3.8) is 0 Å². The Morgan fingerprint density at radius 1 is 1.21 bits per heavy atom. The monoisotopic (exact) mass is 216 g/mol. The second-order valence-corrected chi connectivity index (χ2v) is 9.91. The zero-order valence-electron chi connectivity index (χ0n) is 10.6. The van der Waals surface area contributed by atoms with Gasteiger partial charge in [-0.05, 0) is 32.0 Å². The Labute approximate surface area is 89.4 Å². The third-order valence-corrected chi connectivity index (χ3v) is 2.06. The maximum atomic E-state index is 5.83. The van der Waals surface area contributed by atoms with Crippen LogP contribution in [0.3, 0.4) is 0 Å². The lowest BCUT2D eigenvalue weighted by molar-refractivity contribution is 0.107. The largest absolute Gasteiger partial charge is 0.520 e. The molecular weight excluding hydrogens is 192 g/mol. The first-order chi connectivity index (χ1) is 6.14. The summed E-state index contributed by atoms with van der Waals surface area (Å²) in [6.45, 7) is 15.5. The second kappa shape index (κ2) is 4.87. The highest BCUT2D eigenvalue weighted by molar-refractivity contribution is 6.69. The molecule has 0 aliphatic rings. The molecule has 0 spiro atoms. The van der Waals surface area contributed by atoms with Crippen LogP contribution in [0.5, 0.6) is 0 Å². The van der Waals surface area contributed by atoms with Gasteiger partial charge in [0.25, 0.3) is 5.95 Å². The average Bonchev–Trinajstić information content (AvgIpc) is 1.78. The first-order valence-corrected chi connectivity index (χ1v) is 8.59. The van der Waals surface area contributed by atoms with Gasteiger partial charge >= 0.3 is 0 Å². The SMILES string of the molecule is CCO/C(=C\C(C)(C)C)O[Si](C)(C)C. The van der Waals surface area contributed by atoms with E-state index in [1.54, 1.807) is 0 Å². The Morgan fingerprint density at radius 2 is 1.71 bits per heavy atom. The highest BCUT2D eigenvalue weighted by Gasteiger charge is 2.20. The minimum atomic E-state index is -1.55. The van der Waals surface area contributed by atoms with Crippen LogP contribution in [0.4, 0.5) is 0 Å². The predicted molar refractivity (Wildman–Crippen MR) is 63.6 cm³/mol. The Kier molecular flexibility index (Phi) is 4.72. The van der Waals surface area contributed by atoms with Gasteiger partial charge in [-0.25, -0.2) is 0 Å². The van der Waals surface area contributed by atoms with Gasteiger partial charge < -0.3 is 9.16 Å². The van der Waals surface area contributed by atoms with Crippen molar-refractivity contribution in [1.82, 2.24) is 0 Å². The first-order valence-electron chi connectivity index (χ1n) is 5.19. The molecule has 0 fully saturated rings. The molecule has 0 unspecified atom stereocenters. The smallest absolute Gasteiger partial charge is 0.261 e. The third kappa shape index (κ3) is 8.17. The summed E-state index contributed by atoms with van der Waals surface area (Å²) in [5.74, 6) is 0.694. The lowest BCUT2D eigenvalue weighted by Gasteiger charge is -2.23. The van der Waals surface area contributed by atoms with Gasteiger partial charge in [0.05, 0.1) is 6.61 Å². The molecule has 0 saturated carbocycles. The molecule has 0 rings (SSSR count).